The minimum atomic E-state index is -0.203. The van der Waals surface area contributed by atoms with Gasteiger partial charge >= 0.3 is 5.69 Å². The molecule has 6 heteroatoms. The topological polar surface area (TPSA) is 66.8 Å². The number of nitrogens with zero attached hydrogens (tertiary/aromatic N) is 4. The molecule has 0 atom stereocenters. The van der Waals surface area contributed by atoms with Crippen molar-refractivity contribution in [1.82, 2.24) is 14.1 Å². The molecule has 0 radical (unpaired) electrons. The smallest absolute Gasteiger partial charge is 0.331 e. The standard InChI is InChI=1S/C7H8N4O2/c1-9-3-5-6(8-4-11(5)13)10(2)7(9)12/h3-4H,1-2H3. The maximum atomic E-state index is 11.4. The second-order valence-corrected chi connectivity index (χ2v) is 2.86. The van der Waals surface area contributed by atoms with Crippen molar-refractivity contribution in [2.45, 2.75) is 0 Å². The molecule has 0 aromatic heterocycles. The first-order chi connectivity index (χ1) is 6.11. The van der Waals surface area contributed by atoms with Crippen LogP contribution in [-0.4, -0.2) is 14.1 Å². The van der Waals surface area contributed by atoms with Gasteiger partial charge in [0.15, 0.2) is 0 Å². The second kappa shape index (κ2) is 2.32. The number of fused-ring (bicyclic) bond motifs is 1. The molecule has 6 nitrogen and oxygen atoms in total. The summed E-state index contributed by atoms with van der Waals surface area (Å²) in [6.07, 6.45) is 2.61. The highest BCUT2D eigenvalue weighted by Gasteiger charge is 2.20. The fourth-order valence-corrected chi connectivity index (χ4v) is 1.27. The number of aryl methyl sites for hydroxylation is 1. The maximum absolute atomic E-state index is 11.4. The average Bonchev–Trinajstić information content (AvgIpc) is 2.45. The van der Waals surface area contributed by atoms with E-state index in [-0.39, 0.29) is 5.69 Å². The lowest BCUT2D eigenvalue weighted by atomic mass is 10.4. The van der Waals surface area contributed by atoms with Crippen molar-refractivity contribution in [3.63, 3.8) is 0 Å². The van der Waals surface area contributed by atoms with Gasteiger partial charge in [-0.15, -0.1) is 0 Å². The first-order valence-corrected chi connectivity index (χ1v) is 3.71. The summed E-state index contributed by atoms with van der Waals surface area (Å²) in [6.45, 7) is 0. The van der Waals surface area contributed by atoms with E-state index in [1.165, 1.54) is 15.3 Å². The Kier molecular flexibility index (Phi) is 1.39. The van der Waals surface area contributed by atoms with Gasteiger partial charge in [0.25, 0.3) is 12.2 Å². The summed E-state index contributed by atoms with van der Waals surface area (Å²) in [5.74, 6) is 0.401. The van der Waals surface area contributed by atoms with Crippen molar-refractivity contribution in [2.75, 3.05) is 0 Å². The summed E-state index contributed by atoms with van der Waals surface area (Å²) in [5.41, 5.74) is 0.191. The SMILES string of the molecule is Cn1cc2[n+]([O-])cnc-2n(C)c1=O. The number of imidazole rings is 1. The third-order valence-corrected chi connectivity index (χ3v) is 1.97. The summed E-state index contributed by atoms with van der Waals surface area (Å²) in [7, 11) is 3.17. The Morgan fingerprint density at radius 3 is 2.92 bits per heavy atom. The molecule has 0 saturated carbocycles. The van der Waals surface area contributed by atoms with Crippen molar-refractivity contribution in [2.24, 2.45) is 14.1 Å². The molecule has 0 aliphatic carbocycles. The zero-order valence-electron chi connectivity index (χ0n) is 7.26. The van der Waals surface area contributed by atoms with Gasteiger partial charge in [0.1, 0.15) is 0 Å². The molecular formula is C7H8N4O2. The molecule has 2 heterocycles. The summed E-state index contributed by atoms with van der Waals surface area (Å²) in [4.78, 5) is 15.2. The molecule has 0 fully saturated rings. The van der Waals surface area contributed by atoms with Gasteiger partial charge in [0.05, 0.1) is 6.20 Å². The molecule has 0 N–H and O–H groups in total. The zero-order chi connectivity index (χ0) is 9.59. The number of aromatic nitrogens is 4. The lowest BCUT2D eigenvalue weighted by Crippen LogP contribution is -2.33. The fraction of sp³-hybridized carbons (Fsp3) is 0.286. The van der Waals surface area contributed by atoms with Gasteiger partial charge < -0.3 is 5.21 Å². The lowest BCUT2D eigenvalue weighted by molar-refractivity contribution is -0.592. The Morgan fingerprint density at radius 1 is 1.54 bits per heavy atom. The van der Waals surface area contributed by atoms with Crippen LogP contribution in [0.3, 0.4) is 0 Å². The van der Waals surface area contributed by atoms with Crippen LogP contribution in [0.5, 0.6) is 0 Å². The summed E-state index contributed by atoms with van der Waals surface area (Å²) >= 11 is 0. The second-order valence-electron chi connectivity index (χ2n) is 2.86. The first-order valence-electron chi connectivity index (χ1n) is 3.71. The minimum Gasteiger partial charge on any atom is -0.710 e. The number of hydrogen-bond donors (Lipinski definition) is 0. The van der Waals surface area contributed by atoms with Gasteiger partial charge in [-0.2, -0.15) is 0 Å². The van der Waals surface area contributed by atoms with Crippen LogP contribution in [0.2, 0.25) is 0 Å². The molecule has 13 heavy (non-hydrogen) atoms. The maximum Gasteiger partial charge on any atom is 0.331 e. The minimum absolute atomic E-state index is 0.203. The van der Waals surface area contributed by atoms with Gasteiger partial charge in [-0.3, -0.25) is 9.13 Å². The van der Waals surface area contributed by atoms with E-state index in [2.05, 4.69) is 4.98 Å². The zero-order valence-corrected chi connectivity index (χ0v) is 7.26. The predicted molar refractivity (Wildman–Crippen MR) is 44.0 cm³/mol. The summed E-state index contributed by atoms with van der Waals surface area (Å²) < 4.78 is 3.32. The average molecular weight is 180 g/mol. The van der Waals surface area contributed by atoms with Crippen LogP contribution in [0.25, 0.3) is 11.5 Å². The molecule has 68 valence electrons. The third-order valence-electron chi connectivity index (χ3n) is 1.97. The van der Waals surface area contributed by atoms with E-state index in [0.717, 1.165) is 6.33 Å². The van der Waals surface area contributed by atoms with Crippen LogP contribution < -0.4 is 10.4 Å². The van der Waals surface area contributed by atoms with Crippen LogP contribution in [0.1, 0.15) is 0 Å². The van der Waals surface area contributed by atoms with E-state index >= 15 is 0 Å². The molecule has 0 saturated heterocycles. The van der Waals surface area contributed by atoms with E-state index in [0.29, 0.717) is 16.2 Å². The quantitative estimate of drug-likeness (QED) is 0.380. The van der Waals surface area contributed by atoms with Gasteiger partial charge in [-0.1, -0.05) is 0 Å². The Bertz CT molecular complexity index is 484. The van der Waals surface area contributed by atoms with Gasteiger partial charge in [-0.05, 0) is 4.98 Å². The van der Waals surface area contributed by atoms with Gasteiger partial charge in [0, 0.05) is 14.1 Å². The highest BCUT2D eigenvalue weighted by atomic mass is 16.5. The van der Waals surface area contributed by atoms with Crippen molar-refractivity contribution in [3.05, 3.63) is 28.2 Å². The normalized spacial score (nSPS) is 10.9. The van der Waals surface area contributed by atoms with Crippen LogP contribution in [0, 0.1) is 5.21 Å². The van der Waals surface area contributed by atoms with E-state index in [9.17, 15) is 10.0 Å². The van der Waals surface area contributed by atoms with Crippen molar-refractivity contribution < 1.29 is 4.73 Å². The molecule has 0 unspecified atom stereocenters. The van der Waals surface area contributed by atoms with E-state index in [4.69, 9.17) is 0 Å². The van der Waals surface area contributed by atoms with E-state index < -0.39 is 0 Å². The number of rotatable bonds is 0. The molecule has 2 rings (SSSR count). The molecule has 0 aromatic carbocycles. The van der Waals surface area contributed by atoms with E-state index in [1.54, 1.807) is 14.1 Å². The van der Waals surface area contributed by atoms with Crippen LogP contribution >= 0.6 is 0 Å². The predicted octanol–water partition coefficient (Wildman–Crippen LogP) is -1.14. The van der Waals surface area contributed by atoms with E-state index in [1.807, 2.05) is 0 Å². The van der Waals surface area contributed by atoms with Crippen LogP contribution in [-0.2, 0) is 14.1 Å². The fourth-order valence-electron chi connectivity index (χ4n) is 1.27. The third kappa shape index (κ3) is 0.915. The molecule has 0 bridgehead atoms. The van der Waals surface area contributed by atoms with Crippen LogP contribution in [0.15, 0.2) is 17.3 Å². The van der Waals surface area contributed by atoms with Crippen molar-refractivity contribution in [1.29, 1.82) is 0 Å². The largest absolute Gasteiger partial charge is 0.710 e. The molecule has 2 aliphatic heterocycles. The molecule has 0 spiro atoms. The molecule has 0 amide bonds. The molecule has 2 aliphatic rings. The van der Waals surface area contributed by atoms with Gasteiger partial charge in [-0.25, -0.2) is 9.52 Å². The van der Waals surface area contributed by atoms with Gasteiger partial charge in [0.2, 0.25) is 5.69 Å². The summed E-state index contributed by atoms with van der Waals surface area (Å²) in [6, 6.07) is 0. The Hall–Kier alpha value is -1.85. The van der Waals surface area contributed by atoms with Crippen LogP contribution in [0.4, 0.5) is 0 Å². The first kappa shape index (κ1) is 7.78. The van der Waals surface area contributed by atoms with Crippen molar-refractivity contribution >= 4 is 0 Å². The Balaban J connectivity index is 2.95. The number of hydrogen-bond acceptors (Lipinski definition) is 3. The molecule has 0 aromatic rings. The monoisotopic (exact) mass is 180 g/mol. The molecular weight excluding hydrogens is 172 g/mol. The van der Waals surface area contributed by atoms with Crippen molar-refractivity contribution in [3.8, 4) is 11.5 Å². The Labute approximate surface area is 73.6 Å². The lowest BCUT2D eigenvalue weighted by Gasteiger charge is -2.05. The Morgan fingerprint density at radius 2 is 2.23 bits per heavy atom. The highest BCUT2D eigenvalue weighted by molar-refractivity contribution is 5.44. The highest BCUT2D eigenvalue weighted by Crippen LogP contribution is 2.09. The summed E-state index contributed by atoms with van der Waals surface area (Å²) in [5, 5.41) is 11.1.